The summed E-state index contributed by atoms with van der Waals surface area (Å²) in [4.78, 5) is 0. The summed E-state index contributed by atoms with van der Waals surface area (Å²) in [7, 11) is 1.68. The molecule has 0 heterocycles. The van der Waals surface area contributed by atoms with Gasteiger partial charge in [-0.1, -0.05) is 42.5 Å². The van der Waals surface area contributed by atoms with E-state index in [2.05, 4.69) is 24.3 Å². The van der Waals surface area contributed by atoms with E-state index in [4.69, 9.17) is 9.47 Å². The van der Waals surface area contributed by atoms with Crippen molar-refractivity contribution in [2.24, 2.45) is 0 Å². The van der Waals surface area contributed by atoms with Crippen molar-refractivity contribution >= 4 is 11.8 Å². The Morgan fingerprint density at radius 1 is 0.895 bits per heavy atom. The Labute approximate surface area is 118 Å². The molecule has 100 valence electrons. The normalized spacial score (nSPS) is 10.4. The molecule has 2 aromatic carbocycles. The molecule has 2 rings (SSSR count). The maximum absolute atomic E-state index is 5.62. The molecule has 0 aliphatic carbocycles. The van der Waals surface area contributed by atoms with Gasteiger partial charge in [-0.3, -0.25) is 0 Å². The molecule has 0 aliphatic rings. The number of ether oxygens (including phenoxy) is 2. The van der Waals surface area contributed by atoms with Crippen molar-refractivity contribution in [3.05, 3.63) is 65.7 Å². The van der Waals surface area contributed by atoms with Crippen LogP contribution in [0.15, 0.2) is 54.6 Å². The van der Waals surface area contributed by atoms with Gasteiger partial charge < -0.3 is 9.47 Å². The van der Waals surface area contributed by atoms with Crippen LogP contribution in [-0.2, 0) is 17.1 Å². The molecule has 0 aliphatic heterocycles. The lowest BCUT2D eigenvalue weighted by molar-refractivity contribution is 0.169. The molecule has 0 unspecified atom stereocenters. The standard InChI is InChI=1S/C16H18O2S/c1-17-16-9-7-15(8-10-16)12-19-13-18-11-14-5-3-2-4-6-14/h2-10H,11-13H2,1H3. The second kappa shape index (κ2) is 7.87. The smallest absolute Gasteiger partial charge is 0.118 e. The summed E-state index contributed by atoms with van der Waals surface area (Å²) in [5, 5.41) is 0. The zero-order valence-electron chi connectivity index (χ0n) is 11.0. The Morgan fingerprint density at radius 2 is 1.63 bits per heavy atom. The van der Waals surface area contributed by atoms with Gasteiger partial charge in [-0.25, -0.2) is 0 Å². The van der Waals surface area contributed by atoms with Gasteiger partial charge in [-0.2, -0.15) is 0 Å². The highest BCUT2D eigenvalue weighted by Gasteiger charge is 1.96. The Balaban J connectivity index is 1.63. The van der Waals surface area contributed by atoms with Gasteiger partial charge in [-0.15, -0.1) is 11.8 Å². The average Bonchev–Trinajstić information content (AvgIpc) is 2.49. The predicted octanol–water partition coefficient (Wildman–Crippen LogP) is 4.10. The molecular weight excluding hydrogens is 256 g/mol. The lowest BCUT2D eigenvalue weighted by Gasteiger charge is -2.05. The highest BCUT2D eigenvalue weighted by Crippen LogP contribution is 2.17. The first kappa shape index (κ1) is 14.0. The fourth-order valence-electron chi connectivity index (χ4n) is 1.67. The van der Waals surface area contributed by atoms with Crippen LogP contribution in [0.25, 0.3) is 0 Å². The van der Waals surface area contributed by atoms with Crippen LogP contribution in [0.5, 0.6) is 5.75 Å². The van der Waals surface area contributed by atoms with Gasteiger partial charge in [0.25, 0.3) is 0 Å². The summed E-state index contributed by atoms with van der Waals surface area (Å²) < 4.78 is 10.8. The molecular formula is C16H18O2S. The van der Waals surface area contributed by atoms with Gasteiger partial charge in [0.15, 0.2) is 0 Å². The third kappa shape index (κ3) is 4.97. The van der Waals surface area contributed by atoms with E-state index in [9.17, 15) is 0 Å². The van der Waals surface area contributed by atoms with Crippen molar-refractivity contribution in [1.29, 1.82) is 0 Å². The van der Waals surface area contributed by atoms with Crippen LogP contribution < -0.4 is 4.74 Å². The first-order chi connectivity index (χ1) is 9.38. The van der Waals surface area contributed by atoms with Crippen LogP contribution in [0.2, 0.25) is 0 Å². The van der Waals surface area contributed by atoms with Gasteiger partial charge >= 0.3 is 0 Å². The molecule has 2 nitrogen and oxygen atoms in total. The number of hydrogen-bond donors (Lipinski definition) is 0. The van der Waals surface area contributed by atoms with Crippen molar-refractivity contribution in [3.63, 3.8) is 0 Å². The van der Waals surface area contributed by atoms with Crippen LogP contribution in [0.4, 0.5) is 0 Å². The lowest BCUT2D eigenvalue weighted by Crippen LogP contribution is -1.92. The minimum Gasteiger partial charge on any atom is -0.497 e. The summed E-state index contributed by atoms with van der Waals surface area (Å²) in [6, 6.07) is 18.4. The van der Waals surface area contributed by atoms with Crippen molar-refractivity contribution in [2.75, 3.05) is 13.0 Å². The Morgan fingerprint density at radius 3 is 2.32 bits per heavy atom. The molecule has 0 aromatic heterocycles. The Kier molecular flexibility index (Phi) is 5.79. The third-order valence-corrected chi connectivity index (χ3v) is 3.58. The Hall–Kier alpha value is -1.45. The van der Waals surface area contributed by atoms with Gasteiger partial charge in [-0.05, 0) is 23.3 Å². The van der Waals surface area contributed by atoms with E-state index in [1.807, 2.05) is 30.3 Å². The third-order valence-electron chi connectivity index (χ3n) is 2.71. The van der Waals surface area contributed by atoms with E-state index in [1.54, 1.807) is 18.9 Å². The van der Waals surface area contributed by atoms with Crippen LogP contribution >= 0.6 is 11.8 Å². The van der Waals surface area contributed by atoms with Crippen molar-refractivity contribution in [3.8, 4) is 5.75 Å². The van der Waals surface area contributed by atoms with E-state index in [-0.39, 0.29) is 0 Å². The van der Waals surface area contributed by atoms with E-state index >= 15 is 0 Å². The van der Waals surface area contributed by atoms with Crippen molar-refractivity contribution in [1.82, 2.24) is 0 Å². The molecule has 0 atom stereocenters. The molecule has 0 saturated carbocycles. The largest absolute Gasteiger partial charge is 0.497 e. The number of benzene rings is 2. The van der Waals surface area contributed by atoms with Gasteiger partial charge in [0.1, 0.15) is 5.75 Å². The SMILES string of the molecule is COc1ccc(CSCOCc2ccccc2)cc1. The summed E-state index contributed by atoms with van der Waals surface area (Å²) >= 11 is 1.78. The number of thioether (sulfide) groups is 1. The molecule has 0 spiro atoms. The predicted molar refractivity (Wildman–Crippen MR) is 80.4 cm³/mol. The summed E-state index contributed by atoms with van der Waals surface area (Å²) in [5.74, 6) is 2.56. The van der Waals surface area contributed by atoms with Gasteiger partial charge in [0.05, 0.1) is 19.7 Å². The topological polar surface area (TPSA) is 18.5 Å². The highest BCUT2D eigenvalue weighted by molar-refractivity contribution is 7.98. The van der Waals surface area contributed by atoms with Crippen LogP contribution in [-0.4, -0.2) is 13.0 Å². The highest BCUT2D eigenvalue weighted by atomic mass is 32.2. The fourth-order valence-corrected chi connectivity index (χ4v) is 2.39. The second-order valence-corrected chi connectivity index (χ2v) is 5.08. The van der Waals surface area contributed by atoms with Crippen LogP contribution in [0.3, 0.4) is 0 Å². The van der Waals surface area contributed by atoms with Gasteiger partial charge in [0.2, 0.25) is 0 Å². The first-order valence-electron chi connectivity index (χ1n) is 6.21. The molecule has 19 heavy (non-hydrogen) atoms. The monoisotopic (exact) mass is 274 g/mol. The quantitative estimate of drug-likeness (QED) is 0.559. The molecule has 0 saturated heterocycles. The maximum Gasteiger partial charge on any atom is 0.118 e. The second-order valence-electron chi connectivity index (χ2n) is 4.15. The molecule has 0 radical (unpaired) electrons. The molecule has 3 heteroatoms. The minimum absolute atomic E-state index is 0.677. The summed E-state index contributed by atoms with van der Waals surface area (Å²) in [5.41, 5.74) is 2.50. The lowest BCUT2D eigenvalue weighted by atomic mass is 10.2. The van der Waals surface area contributed by atoms with E-state index in [1.165, 1.54) is 11.1 Å². The summed E-state index contributed by atoms with van der Waals surface area (Å²) in [6.07, 6.45) is 0. The zero-order valence-corrected chi connectivity index (χ0v) is 11.9. The van der Waals surface area contributed by atoms with Crippen LogP contribution in [0.1, 0.15) is 11.1 Å². The molecule has 0 N–H and O–H groups in total. The van der Waals surface area contributed by atoms with Crippen molar-refractivity contribution < 1.29 is 9.47 Å². The number of hydrogen-bond acceptors (Lipinski definition) is 3. The zero-order chi connectivity index (χ0) is 13.3. The molecule has 2 aromatic rings. The Bertz CT molecular complexity index is 468. The molecule has 0 bridgehead atoms. The number of rotatable bonds is 7. The van der Waals surface area contributed by atoms with E-state index in [0.29, 0.717) is 12.5 Å². The molecule has 0 fully saturated rings. The van der Waals surface area contributed by atoms with Crippen LogP contribution in [0, 0.1) is 0 Å². The fraction of sp³-hybridized carbons (Fsp3) is 0.250. The number of methoxy groups -OCH3 is 1. The molecule has 0 amide bonds. The average molecular weight is 274 g/mol. The van der Waals surface area contributed by atoms with E-state index in [0.717, 1.165) is 11.5 Å². The maximum atomic E-state index is 5.62. The summed E-state index contributed by atoms with van der Waals surface area (Å²) in [6.45, 7) is 0.677. The minimum atomic E-state index is 0.677. The van der Waals surface area contributed by atoms with Crippen molar-refractivity contribution in [2.45, 2.75) is 12.4 Å². The van der Waals surface area contributed by atoms with Gasteiger partial charge in [0, 0.05) is 5.75 Å². The van der Waals surface area contributed by atoms with E-state index < -0.39 is 0 Å². The first-order valence-corrected chi connectivity index (χ1v) is 7.36.